The molecule has 12 nitrogen and oxygen atoms in total. The first kappa shape index (κ1) is 96.8. The Bertz CT molecular complexity index is 4790. The molecule has 8 bridgehead atoms. The van der Waals surface area contributed by atoms with Crippen molar-refractivity contribution in [2.24, 2.45) is 39.9 Å². The number of fused-ring (bicyclic) bond motifs is 16. The topological polar surface area (TPSA) is 136 Å². The van der Waals surface area contributed by atoms with Crippen LogP contribution in [0, 0.1) is 0 Å². The average molecular weight is 1770 g/mol. The van der Waals surface area contributed by atoms with Gasteiger partial charge in [0.25, 0.3) is 0 Å². The molecule has 5 aliphatic rings. The van der Waals surface area contributed by atoms with Gasteiger partial charge in [-0.25, -0.2) is 39.9 Å². The van der Waals surface area contributed by atoms with Gasteiger partial charge in [-0.2, -0.15) is 0 Å². The van der Waals surface area contributed by atoms with Gasteiger partial charge in [0, 0.05) is 61.6 Å². The van der Waals surface area contributed by atoms with E-state index in [1.54, 1.807) is 0 Å². The zero-order chi connectivity index (χ0) is 88.0. The summed E-state index contributed by atoms with van der Waals surface area (Å²) in [6, 6.07) is 58.2. The quantitative estimate of drug-likeness (QED) is 0.0213. The van der Waals surface area contributed by atoms with E-state index >= 15 is 0 Å². The van der Waals surface area contributed by atoms with Gasteiger partial charge in [-0.05, 0) is 298 Å². The number of unbranched alkanes of at least 4 members (excludes halogenated alkanes) is 24. The first-order chi connectivity index (χ1) is 63.3. The third kappa shape index (κ3) is 31.6. The maximum Gasteiger partial charge on any atom is 0.164 e. The number of aryl methyl sites for hydroxylation is 4. The molecule has 0 saturated heterocycles. The molecule has 675 valence electrons. The van der Waals surface area contributed by atoms with Crippen molar-refractivity contribution in [3.63, 3.8) is 0 Å². The number of amidine groups is 8. The number of allylic oxidation sites excluding steroid dienone is 16. The minimum absolute atomic E-state index is 0. The van der Waals surface area contributed by atoms with Crippen molar-refractivity contribution in [2.75, 3.05) is 0 Å². The first-order valence-corrected chi connectivity index (χ1v) is 48.9. The summed E-state index contributed by atoms with van der Waals surface area (Å²) >= 11 is 0. The van der Waals surface area contributed by atoms with Gasteiger partial charge in [0.05, 0.1) is 0 Å². The molecule has 129 heavy (non-hydrogen) atoms. The molecule has 1 radical (unpaired) electrons. The molecule has 0 spiro atoms. The molecule has 0 saturated carbocycles. The summed E-state index contributed by atoms with van der Waals surface area (Å²) in [5.74, 6) is 8.93. The Morgan fingerprint density at radius 2 is 0.372 bits per heavy atom. The van der Waals surface area contributed by atoms with Crippen LogP contribution in [0.3, 0.4) is 0 Å². The van der Waals surface area contributed by atoms with Gasteiger partial charge >= 0.3 is 0 Å². The maximum absolute atomic E-state index is 6.83. The molecule has 0 amide bonds. The number of benzene rings is 8. The van der Waals surface area contributed by atoms with E-state index in [1.165, 1.54) is 151 Å². The van der Waals surface area contributed by atoms with Crippen LogP contribution in [0.15, 0.2) is 307 Å². The van der Waals surface area contributed by atoms with E-state index in [9.17, 15) is 0 Å². The second-order valence-electron chi connectivity index (χ2n) is 34.4. The van der Waals surface area contributed by atoms with E-state index in [2.05, 4.69) is 198 Å². The molecule has 8 aromatic carbocycles. The summed E-state index contributed by atoms with van der Waals surface area (Å²) in [6.07, 6.45) is 83.0. The molecule has 0 fully saturated rings. The van der Waals surface area contributed by atoms with Gasteiger partial charge in [0.15, 0.2) is 46.7 Å². The van der Waals surface area contributed by atoms with Gasteiger partial charge < -0.3 is 18.9 Å². The Kier molecular flexibility index (Phi) is 41.2. The summed E-state index contributed by atoms with van der Waals surface area (Å²) in [5, 5.41) is 0. The van der Waals surface area contributed by atoms with Crippen molar-refractivity contribution >= 4 is 46.7 Å². The Morgan fingerprint density at radius 3 is 0.589 bits per heavy atom. The summed E-state index contributed by atoms with van der Waals surface area (Å²) in [7, 11) is 0. The molecule has 5 aliphatic heterocycles. The van der Waals surface area contributed by atoms with E-state index in [-0.39, 0.29) is 17.1 Å². The Hall–Kier alpha value is -11.2. The number of hydrogen-bond acceptors (Lipinski definition) is 12. The second kappa shape index (κ2) is 54.9. The predicted octanol–water partition coefficient (Wildman–Crippen LogP) is 32.7. The van der Waals surface area contributed by atoms with Crippen molar-refractivity contribution in [1.82, 2.24) is 0 Å². The monoisotopic (exact) mass is 1770 g/mol. The minimum Gasteiger partial charge on any atom is -0.457 e. The van der Waals surface area contributed by atoms with Crippen molar-refractivity contribution < 1.29 is 36.0 Å². The van der Waals surface area contributed by atoms with Crippen molar-refractivity contribution in [3.8, 4) is 46.0 Å². The Balaban J connectivity index is 0.0000151. The number of rotatable bonds is 56. The van der Waals surface area contributed by atoms with E-state index in [0.717, 1.165) is 196 Å². The standard InChI is InChI=1S/C116H136N8O4.Cu/c1-5-9-13-17-21-25-29-33-37-41-45-49-53-61-89-65-57-69-93(81-89)125-97-73-77-101-105(85-97)113-117-109(101)122-114-107-87-99(127-95-71-59-67-91(83-95)63-55-51-47-43-39-35-31-27-23-19-15-11-7-3)75-79-103(107)111(119-114)124-116-108-88-100(128-96-72-60-68-92(84-96)64-56-52-48-44-40-36-32-28-24-20-16-12-8-4)76-80-104(108)112(120-116)123-115-106-86-98(74-78-102(106)110(118-115)121-113)126-94-70-58-66-90(82-94)62-54-50-46-42-38-34-30-26-22-18-14-10-6-2;/h13-20,25-32,57-60,65-88H,5-12,21-24,33-56,61-64H2,1-4H3;/b17-13+,18-14+,19-15+,20-16+,29-25+,30-26+,31-27+,32-28+,121-110?,121-113?,122-109?,122-114?,123-112?,123-115?,124-111?,124-116?;. The largest absolute Gasteiger partial charge is 0.457 e. The van der Waals surface area contributed by atoms with Gasteiger partial charge in [-0.1, -0.05) is 276 Å². The van der Waals surface area contributed by atoms with Crippen LogP contribution >= 0.6 is 0 Å². The van der Waals surface area contributed by atoms with Gasteiger partial charge in [0.2, 0.25) is 0 Å². The number of aliphatic imine (C=N–C) groups is 8. The summed E-state index contributed by atoms with van der Waals surface area (Å²) in [6.45, 7) is 8.90. The number of nitrogens with zero attached hydrogens (tertiary/aromatic N) is 8. The van der Waals surface area contributed by atoms with Crippen molar-refractivity contribution in [2.45, 2.75) is 285 Å². The third-order valence-corrected chi connectivity index (χ3v) is 23.7. The molecule has 0 aliphatic carbocycles. The molecule has 0 unspecified atom stereocenters. The van der Waals surface area contributed by atoms with Gasteiger partial charge in [0.1, 0.15) is 46.0 Å². The number of ether oxygens (including phenoxy) is 4. The zero-order valence-corrected chi connectivity index (χ0v) is 78.1. The van der Waals surface area contributed by atoms with Crippen LogP contribution in [0.2, 0.25) is 0 Å². The normalized spacial score (nSPS) is 13.8. The van der Waals surface area contributed by atoms with Crippen LogP contribution in [0.1, 0.15) is 326 Å². The van der Waals surface area contributed by atoms with E-state index in [1.807, 2.05) is 97.1 Å². The molecule has 0 aromatic heterocycles. The number of hydrogen-bond donors (Lipinski definition) is 0. The molecule has 0 N–H and O–H groups in total. The molecule has 13 rings (SSSR count). The van der Waals surface area contributed by atoms with Crippen LogP contribution in [0.25, 0.3) is 0 Å². The van der Waals surface area contributed by atoms with Crippen LogP contribution in [-0.4, -0.2) is 46.7 Å². The SMILES string of the molecule is CCC/C=C/C/C=C/CCCCCCCc1cccc(Oc2ccc3c(c2)C2=NC3=NC3=NC(=NC4=NC(=NC5=NC(=N2)c2ccc(Oc6cccc(CCCCCCC/C=C/C/C=C/CCC)c6)cc25)c2ccc(Oc5cccc(CCCCCCC/C=C/C/C=C/CCC)c5)cc24)c2ccc(Oc4cccc(CCCCCCC/C=C/C/C=C/CCC)c4)cc23)c1.[Cu]. The molecule has 8 aromatic rings. The first-order valence-electron chi connectivity index (χ1n) is 48.9. The van der Waals surface area contributed by atoms with Crippen LogP contribution in [0.5, 0.6) is 46.0 Å². The summed E-state index contributed by atoms with van der Waals surface area (Å²) in [4.78, 5) is 43.4. The molecule has 13 heteroatoms. The fourth-order valence-corrected chi connectivity index (χ4v) is 16.6. The maximum atomic E-state index is 6.83. The molecular weight excluding hydrogens is 1630 g/mol. The van der Waals surface area contributed by atoms with Gasteiger partial charge in [-0.15, -0.1) is 0 Å². The molecule has 5 heterocycles. The van der Waals surface area contributed by atoms with E-state index in [4.69, 9.17) is 58.9 Å². The predicted molar refractivity (Wildman–Crippen MR) is 541 cm³/mol. The Labute approximate surface area is 781 Å². The zero-order valence-electron chi connectivity index (χ0n) is 77.2. The third-order valence-electron chi connectivity index (χ3n) is 23.7. The van der Waals surface area contributed by atoms with E-state index in [0.29, 0.717) is 69.7 Å². The van der Waals surface area contributed by atoms with Gasteiger partial charge in [-0.3, -0.25) is 0 Å². The smallest absolute Gasteiger partial charge is 0.164 e. The summed E-state index contributed by atoms with van der Waals surface area (Å²) < 4.78 is 27.3. The van der Waals surface area contributed by atoms with Crippen molar-refractivity contribution in [3.05, 3.63) is 334 Å². The molecule has 0 atom stereocenters. The fraction of sp³-hybridized carbons (Fsp3) is 0.379. The van der Waals surface area contributed by atoms with Crippen LogP contribution in [0.4, 0.5) is 0 Å². The average Bonchev–Trinajstić information content (AvgIpc) is 1.59. The second-order valence-corrected chi connectivity index (χ2v) is 34.4. The minimum atomic E-state index is 0. The van der Waals surface area contributed by atoms with Crippen molar-refractivity contribution in [1.29, 1.82) is 0 Å². The summed E-state index contributed by atoms with van der Waals surface area (Å²) in [5.41, 5.74) is 10.9. The van der Waals surface area contributed by atoms with Crippen LogP contribution < -0.4 is 18.9 Å². The van der Waals surface area contributed by atoms with Crippen LogP contribution in [-0.2, 0) is 42.8 Å². The van der Waals surface area contributed by atoms with E-state index < -0.39 is 0 Å². The fourth-order valence-electron chi connectivity index (χ4n) is 16.6. The Morgan fingerprint density at radius 1 is 0.186 bits per heavy atom. The molecular formula is C116H136CuN8O4.